The Hall–Kier alpha value is -0.530. The molecule has 2 rings (SSSR count). The Balaban J connectivity index is 2.45. The molecule has 2 atom stereocenters. The van der Waals surface area contributed by atoms with E-state index in [0.717, 1.165) is 17.9 Å². The van der Waals surface area contributed by atoms with Gasteiger partial charge in [-0.05, 0) is 36.1 Å². The van der Waals surface area contributed by atoms with Crippen LogP contribution in [-0.2, 0) is 6.42 Å². The van der Waals surface area contributed by atoms with Crippen LogP contribution in [0.3, 0.4) is 0 Å². The number of fused-ring (bicyclic) bond motifs is 1. The zero-order chi connectivity index (χ0) is 9.42. The highest BCUT2D eigenvalue weighted by Gasteiger charge is 2.24. The van der Waals surface area contributed by atoms with E-state index < -0.39 is 0 Å². The molecule has 0 radical (unpaired) electrons. The molecule has 0 saturated heterocycles. The lowest BCUT2D eigenvalue weighted by Gasteiger charge is -2.27. The number of benzene rings is 1. The van der Waals surface area contributed by atoms with Gasteiger partial charge in [-0.15, -0.1) is 0 Å². The van der Waals surface area contributed by atoms with Crippen LogP contribution >= 0.6 is 11.6 Å². The van der Waals surface area contributed by atoms with Crippen molar-refractivity contribution in [2.45, 2.75) is 31.8 Å². The number of aryl methyl sites for hydroxylation is 1. The number of hydrogen-bond donors (Lipinski definition) is 1. The fraction of sp³-hybridized carbons (Fsp3) is 0.455. The minimum absolute atomic E-state index is 0.203. The molecule has 0 bridgehead atoms. The Morgan fingerprint density at radius 2 is 2.23 bits per heavy atom. The molecule has 0 fully saturated rings. The van der Waals surface area contributed by atoms with Crippen LogP contribution in [0.4, 0.5) is 0 Å². The normalized spacial score (nSPS) is 27.0. The summed E-state index contributed by atoms with van der Waals surface area (Å²) in [5.74, 6) is 0.224. The number of rotatable bonds is 0. The average Bonchev–Trinajstić information content (AvgIpc) is 2.12. The van der Waals surface area contributed by atoms with Crippen molar-refractivity contribution >= 4 is 11.6 Å². The van der Waals surface area contributed by atoms with E-state index in [9.17, 15) is 5.11 Å². The van der Waals surface area contributed by atoms with Crippen molar-refractivity contribution in [2.24, 2.45) is 0 Å². The van der Waals surface area contributed by atoms with Crippen LogP contribution < -0.4 is 0 Å². The van der Waals surface area contributed by atoms with Crippen LogP contribution in [-0.4, -0.2) is 11.2 Å². The van der Waals surface area contributed by atoms with Gasteiger partial charge in [-0.25, -0.2) is 0 Å². The molecule has 1 aromatic rings. The van der Waals surface area contributed by atoms with Gasteiger partial charge in [0.05, 0.1) is 6.10 Å². The van der Waals surface area contributed by atoms with Crippen LogP contribution in [0.5, 0.6) is 0 Å². The Bertz CT molecular complexity index is 322. The van der Waals surface area contributed by atoms with Crippen LogP contribution in [0.25, 0.3) is 0 Å². The molecule has 0 heterocycles. The number of aliphatic hydroxyl groups is 1. The van der Waals surface area contributed by atoms with Crippen LogP contribution in [0, 0.1) is 0 Å². The summed E-state index contributed by atoms with van der Waals surface area (Å²) < 4.78 is 0. The predicted molar refractivity (Wildman–Crippen MR) is 54.2 cm³/mol. The lowest BCUT2D eigenvalue weighted by molar-refractivity contribution is 0.132. The Morgan fingerprint density at radius 3 is 3.00 bits per heavy atom. The second kappa shape index (κ2) is 3.32. The van der Waals surface area contributed by atoms with Crippen molar-refractivity contribution in [3.8, 4) is 0 Å². The van der Waals surface area contributed by atoms with Crippen LogP contribution in [0.2, 0.25) is 5.02 Å². The van der Waals surface area contributed by atoms with Gasteiger partial charge in [-0.1, -0.05) is 24.6 Å². The number of halogens is 1. The van der Waals surface area contributed by atoms with Gasteiger partial charge in [-0.2, -0.15) is 0 Å². The first-order valence-electron chi connectivity index (χ1n) is 4.65. The van der Waals surface area contributed by atoms with Crippen molar-refractivity contribution in [3.63, 3.8) is 0 Å². The van der Waals surface area contributed by atoms with E-state index in [4.69, 9.17) is 11.6 Å². The third kappa shape index (κ3) is 1.59. The van der Waals surface area contributed by atoms with Gasteiger partial charge in [0.1, 0.15) is 0 Å². The smallest absolute Gasteiger partial charge is 0.0609 e. The zero-order valence-electron chi connectivity index (χ0n) is 7.63. The Kier molecular flexibility index (Phi) is 2.31. The topological polar surface area (TPSA) is 20.2 Å². The van der Waals surface area contributed by atoms with E-state index in [1.54, 1.807) is 0 Å². The summed E-state index contributed by atoms with van der Waals surface area (Å²) >= 11 is 5.91. The van der Waals surface area contributed by atoms with Crippen molar-refractivity contribution in [2.75, 3.05) is 0 Å². The first kappa shape index (κ1) is 9.04. The summed E-state index contributed by atoms with van der Waals surface area (Å²) in [7, 11) is 0. The summed E-state index contributed by atoms with van der Waals surface area (Å²) in [5.41, 5.74) is 2.55. The Labute approximate surface area is 83.3 Å². The molecule has 0 aliphatic heterocycles. The van der Waals surface area contributed by atoms with Gasteiger partial charge in [0.25, 0.3) is 0 Å². The molecule has 1 aromatic carbocycles. The molecule has 0 spiro atoms. The van der Waals surface area contributed by atoms with Crippen LogP contribution in [0.15, 0.2) is 18.2 Å². The zero-order valence-corrected chi connectivity index (χ0v) is 8.38. The maximum absolute atomic E-state index is 9.67. The molecule has 1 aliphatic rings. The predicted octanol–water partition coefficient (Wildman–Crippen LogP) is 2.75. The van der Waals surface area contributed by atoms with Gasteiger partial charge in [0.2, 0.25) is 0 Å². The molecule has 1 aliphatic carbocycles. The van der Waals surface area contributed by atoms with E-state index in [0.29, 0.717) is 0 Å². The lowest BCUT2D eigenvalue weighted by Crippen LogP contribution is -2.22. The minimum atomic E-state index is -0.203. The molecule has 0 amide bonds. The maximum atomic E-state index is 9.67. The number of aliphatic hydroxyl groups excluding tert-OH is 1. The minimum Gasteiger partial charge on any atom is -0.392 e. The first-order valence-corrected chi connectivity index (χ1v) is 5.02. The maximum Gasteiger partial charge on any atom is 0.0609 e. The molecule has 1 N–H and O–H groups in total. The molecule has 1 nitrogen and oxygen atoms in total. The van der Waals surface area contributed by atoms with Gasteiger partial charge in [-0.3, -0.25) is 0 Å². The molecular formula is C11H13ClO. The van der Waals surface area contributed by atoms with E-state index in [-0.39, 0.29) is 12.0 Å². The largest absolute Gasteiger partial charge is 0.392 e. The third-order valence-electron chi connectivity index (χ3n) is 2.89. The second-order valence-corrected chi connectivity index (χ2v) is 4.17. The fourth-order valence-corrected chi connectivity index (χ4v) is 2.16. The first-order chi connectivity index (χ1) is 6.18. The summed E-state index contributed by atoms with van der Waals surface area (Å²) in [6.45, 7) is 2.05. The summed E-state index contributed by atoms with van der Waals surface area (Å²) in [5, 5.41) is 10.4. The summed E-state index contributed by atoms with van der Waals surface area (Å²) in [6, 6.07) is 5.97. The van der Waals surface area contributed by atoms with Gasteiger partial charge >= 0.3 is 0 Å². The average molecular weight is 197 g/mol. The van der Waals surface area contributed by atoms with Crippen molar-refractivity contribution < 1.29 is 5.11 Å². The van der Waals surface area contributed by atoms with Crippen molar-refractivity contribution in [3.05, 3.63) is 34.3 Å². The highest BCUT2D eigenvalue weighted by atomic mass is 35.5. The second-order valence-electron chi connectivity index (χ2n) is 3.74. The molecular weight excluding hydrogens is 184 g/mol. The van der Waals surface area contributed by atoms with Crippen LogP contribution in [0.1, 0.15) is 30.4 Å². The van der Waals surface area contributed by atoms with E-state index in [1.165, 1.54) is 11.1 Å². The highest BCUT2D eigenvalue weighted by Crippen LogP contribution is 2.32. The Morgan fingerprint density at radius 1 is 1.46 bits per heavy atom. The lowest BCUT2D eigenvalue weighted by atomic mass is 9.82. The molecule has 0 aromatic heterocycles. The van der Waals surface area contributed by atoms with E-state index in [2.05, 4.69) is 13.0 Å². The molecule has 0 saturated carbocycles. The molecule has 2 unspecified atom stereocenters. The van der Waals surface area contributed by atoms with Gasteiger partial charge in [0.15, 0.2) is 0 Å². The third-order valence-corrected chi connectivity index (χ3v) is 3.12. The summed E-state index contributed by atoms with van der Waals surface area (Å²) in [6.07, 6.45) is 1.64. The monoisotopic (exact) mass is 196 g/mol. The van der Waals surface area contributed by atoms with E-state index >= 15 is 0 Å². The van der Waals surface area contributed by atoms with Gasteiger partial charge < -0.3 is 5.11 Å². The molecule has 70 valence electrons. The van der Waals surface area contributed by atoms with Gasteiger partial charge in [0, 0.05) is 10.9 Å². The number of hydrogen-bond acceptors (Lipinski definition) is 1. The standard InChI is InChI=1S/C11H13ClO/c1-7-10-6-9(12)4-2-8(10)3-5-11(7)13/h2,4,6-7,11,13H,3,5H2,1H3. The van der Waals surface area contributed by atoms with Crippen molar-refractivity contribution in [1.82, 2.24) is 0 Å². The molecule has 13 heavy (non-hydrogen) atoms. The highest BCUT2D eigenvalue weighted by molar-refractivity contribution is 6.30. The quantitative estimate of drug-likeness (QED) is 0.677. The fourth-order valence-electron chi connectivity index (χ4n) is 1.98. The van der Waals surface area contributed by atoms with E-state index in [1.807, 2.05) is 12.1 Å². The summed E-state index contributed by atoms with van der Waals surface area (Å²) in [4.78, 5) is 0. The van der Waals surface area contributed by atoms with Crippen molar-refractivity contribution in [1.29, 1.82) is 0 Å². The SMILES string of the molecule is CC1c2cc(Cl)ccc2CCC1O. The molecule has 2 heteroatoms.